The third kappa shape index (κ3) is 3.61. The van der Waals surface area contributed by atoms with Crippen molar-refractivity contribution in [1.82, 2.24) is 4.98 Å². The minimum Gasteiger partial charge on any atom is -0.409 e. The zero-order chi connectivity index (χ0) is 13.7. The predicted octanol–water partition coefficient (Wildman–Crippen LogP) is 1.91. The molecule has 1 rings (SSSR count). The fourth-order valence-corrected chi connectivity index (χ4v) is 1.93. The normalized spacial score (nSPS) is 13.4. The first-order chi connectivity index (χ1) is 8.47. The Morgan fingerprint density at radius 1 is 1.44 bits per heavy atom. The molecule has 100 valence electrons. The van der Waals surface area contributed by atoms with Crippen molar-refractivity contribution in [3.63, 3.8) is 0 Å². The number of hydrogen-bond donors (Lipinski definition) is 2. The van der Waals surface area contributed by atoms with Crippen molar-refractivity contribution in [2.75, 3.05) is 18.0 Å². The first-order valence-electron chi connectivity index (χ1n) is 6.15. The Hall–Kier alpha value is -1.78. The first-order valence-corrected chi connectivity index (χ1v) is 6.15. The van der Waals surface area contributed by atoms with Crippen LogP contribution in [0.1, 0.15) is 25.2 Å². The SMILES string of the molecule is CCN(CC(C)/C(N)=N/O)c1cc(C)nc(C)c1. The van der Waals surface area contributed by atoms with Gasteiger partial charge in [0, 0.05) is 36.1 Å². The molecular weight excluding hydrogens is 228 g/mol. The molecule has 18 heavy (non-hydrogen) atoms. The molecule has 1 unspecified atom stereocenters. The van der Waals surface area contributed by atoms with Gasteiger partial charge in [0.15, 0.2) is 0 Å². The summed E-state index contributed by atoms with van der Waals surface area (Å²) in [5.74, 6) is 0.264. The van der Waals surface area contributed by atoms with Crippen LogP contribution in [-0.2, 0) is 0 Å². The van der Waals surface area contributed by atoms with E-state index in [-0.39, 0.29) is 11.8 Å². The second-order valence-corrected chi connectivity index (χ2v) is 4.57. The maximum absolute atomic E-state index is 8.68. The van der Waals surface area contributed by atoms with Gasteiger partial charge in [0.1, 0.15) is 5.84 Å². The molecule has 0 saturated heterocycles. The van der Waals surface area contributed by atoms with Gasteiger partial charge in [-0.25, -0.2) is 0 Å². The highest BCUT2D eigenvalue weighted by Crippen LogP contribution is 2.17. The summed E-state index contributed by atoms with van der Waals surface area (Å²) in [6.07, 6.45) is 0. The summed E-state index contributed by atoms with van der Waals surface area (Å²) in [4.78, 5) is 6.57. The molecule has 0 aliphatic heterocycles. The summed E-state index contributed by atoms with van der Waals surface area (Å²) in [5.41, 5.74) is 8.74. The fraction of sp³-hybridized carbons (Fsp3) is 0.538. The lowest BCUT2D eigenvalue weighted by Gasteiger charge is -2.26. The topological polar surface area (TPSA) is 74.7 Å². The van der Waals surface area contributed by atoms with E-state index in [0.29, 0.717) is 0 Å². The molecule has 1 atom stereocenters. The number of hydrogen-bond acceptors (Lipinski definition) is 4. The summed E-state index contributed by atoms with van der Waals surface area (Å²) in [6.45, 7) is 9.58. The second kappa shape index (κ2) is 6.23. The zero-order valence-corrected chi connectivity index (χ0v) is 11.5. The molecule has 0 aromatic carbocycles. The number of nitrogens with zero attached hydrogens (tertiary/aromatic N) is 3. The third-order valence-corrected chi connectivity index (χ3v) is 2.93. The molecule has 0 radical (unpaired) electrons. The van der Waals surface area contributed by atoms with Crippen LogP contribution in [0.25, 0.3) is 0 Å². The highest BCUT2D eigenvalue weighted by Gasteiger charge is 2.14. The number of oxime groups is 1. The molecule has 0 fully saturated rings. The number of amidine groups is 1. The van der Waals surface area contributed by atoms with E-state index < -0.39 is 0 Å². The predicted molar refractivity (Wildman–Crippen MR) is 74.2 cm³/mol. The molecule has 0 saturated carbocycles. The van der Waals surface area contributed by atoms with E-state index in [4.69, 9.17) is 10.9 Å². The van der Waals surface area contributed by atoms with Crippen molar-refractivity contribution >= 4 is 11.5 Å². The van der Waals surface area contributed by atoms with Crippen LogP contribution in [-0.4, -0.2) is 29.1 Å². The quantitative estimate of drug-likeness (QED) is 0.362. The molecule has 3 N–H and O–H groups in total. The molecule has 0 spiro atoms. The van der Waals surface area contributed by atoms with Gasteiger partial charge in [-0.2, -0.15) is 0 Å². The summed E-state index contributed by atoms with van der Waals surface area (Å²) in [7, 11) is 0. The van der Waals surface area contributed by atoms with E-state index >= 15 is 0 Å². The van der Waals surface area contributed by atoms with Crippen molar-refractivity contribution in [3.05, 3.63) is 23.5 Å². The molecule has 1 heterocycles. The Kier molecular flexibility index (Phi) is 4.95. The van der Waals surface area contributed by atoms with Crippen LogP contribution in [0.2, 0.25) is 0 Å². The Morgan fingerprint density at radius 3 is 2.44 bits per heavy atom. The molecule has 0 aliphatic carbocycles. The van der Waals surface area contributed by atoms with Crippen LogP contribution in [0.5, 0.6) is 0 Å². The van der Waals surface area contributed by atoms with Gasteiger partial charge in [0.2, 0.25) is 0 Å². The monoisotopic (exact) mass is 250 g/mol. The largest absolute Gasteiger partial charge is 0.409 e. The van der Waals surface area contributed by atoms with E-state index in [1.807, 2.05) is 20.8 Å². The molecule has 0 aliphatic rings. The van der Waals surface area contributed by atoms with Crippen LogP contribution in [0.15, 0.2) is 17.3 Å². The number of rotatable bonds is 5. The molecule has 0 bridgehead atoms. The highest BCUT2D eigenvalue weighted by atomic mass is 16.4. The highest BCUT2D eigenvalue weighted by molar-refractivity contribution is 5.82. The minimum absolute atomic E-state index is 0.00345. The summed E-state index contributed by atoms with van der Waals surface area (Å²) in [5, 5.41) is 11.7. The van der Waals surface area contributed by atoms with E-state index in [2.05, 4.69) is 34.1 Å². The Bertz CT molecular complexity index is 411. The number of aromatic nitrogens is 1. The number of nitrogens with two attached hydrogens (primary N) is 1. The van der Waals surface area contributed by atoms with Gasteiger partial charge in [-0.15, -0.1) is 0 Å². The Morgan fingerprint density at radius 2 is 2.00 bits per heavy atom. The molecule has 1 aromatic rings. The maximum Gasteiger partial charge on any atom is 0.143 e. The molecule has 5 heteroatoms. The van der Waals surface area contributed by atoms with Crippen LogP contribution < -0.4 is 10.6 Å². The average Bonchev–Trinajstić information content (AvgIpc) is 2.33. The van der Waals surface area contributed by atoms with Crippen LogP contribution in [0.3, 0.4) is 0 Å². The van der Waals surface area contributed by atoms with Gasteiger partial charge in [0.05, 0.1) is 0 Å². The minimum atomic E-state index is 0.00345. The lowest BCUT2D eigenvalue weighted by molar-refractivity contribution is 0.314. The fourth-order valence-electron chi connectivity index (χ4n) is 1.93. The van der Waals surface area contributed by atoms with E-state index in [9.17, 15) is 0 Å². The van der Waals surface area contributed by atoms with Crippen LogP contribution >= 0.6 is 0 Å². The van der Waals surface area contributed by atoms with Crippen molar-refractivity contribution in [1.29, 1.82) is 0 Å². The van der Waals surface area contributed by atoms with E-state index in [1.165, 1.54) is 0 Å². The third-order valence-electron chi connectivity index (χ3n) is 2.93. The van der Waals surface area contributed by atoms with Gasteiger partial charge in [-0.1, -0.05) is 12.1 Å². The summed E-state index contributed by atoms with van der Waals surface area (Å²) >= 11 is 0. The van der Waals surface area contributed by atoms with Gasteiger partial charge in [0.25, 0.3) is 0 Å². The summed E-state index contributed by atoms with van der Waals surface area (Å²) < 4.78 is 0. The Labute approximate surface area is 108 Å². The van der Waals surface area contributed by atoms with Crippen molar-refractivity contribution in [2.24, 2.45) is 16.8 Å². The second-order valence-electron chi connectivity index (χ2n) is 4.57. The smallest absolute Gasteiger partial charge is 0.143 e. The lowest BCUT2D eigenvalue weighted by atomic mass is 10.1. The Balaban J connectivity index is 2.89. The van der Waals surface area contributed by atoms with E-state index in [0.717, 1.165) is 30.2 Å². The molecule has 5 nitrogen and oxygen atoms in total. The van der Waals surface area contributed by atoms with Crippen molar-refractivity contribution < 1.29 is 5.21 Å². The standard InChI is InChI=1S/C13H22N4O/c1-5-17(8-9(2)13(14)16-18)12-6-10(3)15-11(4)7-12/h6-7,9,18H,5,8H2,1-4H3,(H2,14,16). The van der Waals surface area contributed by atoms with Gasteiger partial charge >= 0.3 is 0 Å². The average molecular weight is 250 g/mol. The summed E-state index contributed by atoms with van der Waals surface area (Å²) in [6, 6.07) is 4.10. The number of anilines is 1. The van der Waals surface area contributed by atoms with Gasteiger partial charge in [-0.3, -0.25) is 4.98 Å². The van der Waals surface area contributed by atoms with Gasteiger partial charge < -0.3 is 15.8 Å². The van der Waals surface area contributed by atoms with Crippen molar-refractivity contribution in [3.8, 4) is 0 Å². The molecule has 0 amide bonds. The molecule has 1 aromatic heterocycles. The van der Waals surface area contributed by atoms with Crippen LogP contribution in [0, 0.1) is 19.8 Å². The first kappa shape index (κ1) is 14.3. The molecular formula is C13H22N4O. The number of pyridine rings is 1. The van der Waals surface area contributed by atoms with Gasteiger partial charge in [-0.05, 0) is 32.9 Å². The maximum atomic E-state index is 8.68. The lowest BCUT2D eigenvalue weighted by Crippen LogP contribution is -2.35. The van der Waals surface area contributed by atoms with Crippen LogP contribution in [0.4, 0.5) is 5.69 Å². The number of aryl methyl sites for hydroxylation is 2. The van der Waals surface area contributed by atoms with E-state index in [1.54, 1.807) is 0 Å². The zero-order valence-electron chi connectivity index (χ0n) is 11.5. The van der Waals surface area contributed by atoms with Crippen molar-refractivity contribution in [2.45, 2.75) is 27.7 Å².